The summed E-state index contributed by atoms with van der Waals surface area (Å²) < 4.78 is 28.4. The average molecular weight is 434 g/mol. The van der Waals surface area contributed by atoms with Gasteiger partial charge in [0.2, 0.25) is 5.91 Å². The number of carbonyl (C=O) groups is 1. The van der Waals surface area contributed by atoms with Gasteiger partial charge in [-0.05, 0) is 35.9 Å². The van der Waals surface area contributed by atoms with Crippen LogP contribution in [0.3, 0.4) is 0 Å². The second-order valence-electron chi connectivity index (χ2n) is 7.65. The van der Waals surface area contributed by atoms with Crippen molar-refractivity contribution in [2.75, 3.05) is 41.3 Å². The van der Waals surface area contributed by atoms with Crippen LogP contribution in [0, 0.1) is 11.6 Å². The number of hydrogen-bond donors (Lipinski definition) is 1. The number of benzene rings is 2. The molecule has 0 saturated carbocycles. The van der Waals surface area contributed by atoms with E-state index in [0.717, 1.165) is 5.82 Å². The summed E-state index contributed by atoms with van der Waals surface area (Å²) >= 11 is 0. The SMILES string of the molecule is O=C1Nc2ccc(F)cc2C1C=Nc1ccc(N2CCN(c3cnccn3)CC2)c(F)c1. The van der Waals surface area contributed by atoms with Crippen LogP contribution in [0.4, 0.5) is 31.7 Å². The Balaban J connectivity index is 1.27. The molecule has 3 aromatic rings. The molecule has 7 nitrogen and oxygen atoms in total. The third-order valence-corrected chi connectivity index (χ3v) is 5.69. The van der Waals surface area contributed by atoms with Crippen LogP contribution in [0.25, 0.3) is 0 Å². The lowest BCUT2D eigenvalue weighted by atomic mass is 10.0. The van der Waals surface area contributed by atoms with Crippen molar-refractivity contribution < 1.29 is 13.6 Å². The quantitative estimate of drug-likeness (QED) is 0.636. The molecule has 1 saturated heterocycles. The highest BCUT2D eigenvalue weighted by Gasteiger charge is 2.29. The fraction of sp³-hybridized carbons (Fsp3) is 0.217. The molecule has 5 rings (SSSR count). The van der Waals surface area contributed by atoms with Crippen molar-refractivity contribution in [1.29, 1.82) is 0 Å². The monoisotopic (exact) mass is 434 g/mol. The number of nitrogens with zero attached hydrogens (tertiary/aromatic N) is 5. The van der Waals surface area contributed by atoms with Crippen molar-refractivity contribution in [2.24, 2.45) is 4.99 Å². The second-order valence-corrected chi connectivity index (χ2v) is 7.65. The molecule has 0 bridgehead atoms. The number of piperazine rings is 1. The van der Waals surface area contributed by atoms with Crippen LogP contribution in [-0.4, -0.2) is 48.3 Å². The van der Waals surface area contributed by atoms with Crippen LogP contribution in [-0.2, 0) is 4.79 Å². The Kier molecular flexibility index (Phi) is 5.22. The Bertz CT molecular complexity index is 1180. The molecule has 9 heteroatoms. The number of aromatic nitrogens is 2. The Morgan fingerprint density at radius 1 is 1.03 bits per heavy atom. The van der Waals surface area contributed by atoms with Crippen molar-refractivity contribution in [3.05, 3.63) is 72.2 Å². The molecule has 1 N–H and O–H groups in total. The van der Waals surface area contributed by atoms with E-state index in [1.54, 1.807) is 30.7 Å². The summed E-state index contributed by atoms with van der Waals surface area (Å²) in [4.78, 5) is 29.0. The number of nitrogens with one attached hydrogen (secondary N) is 1. The first-order chi connectivity index (χ1) is 15.6. The number of halogens is 2. The maximum absolute atomic E-state index is 14.8. The van der Waals surface area contributed by atoms with Crippen molar-refractivity contribution in [2.45, 2.75) is 5.92 Å². The summed E-state index contributed by atoms with van der Waals surface area (Å²) in [6.07, 6.45) is 6.44. The lowest BCUT2D eigenvalue weighted by Gasteiger charge is -2.36. The average Bonchev–Trinajstić information content (AvgIpc) is 3.12. The summed E-state index contributed by atoms with van der Waals surface area (Å²) in [6.45, 7) is 2.73. The maximum Gasteiger partial charge on any atom is 0.237 e. The smallest absolute Gasteiger partial charge is 0.237 e. The number of anilines is 3. The van der Waals surface area contributed by atoms with Crippen LogP contribution < -0.4 is 15.1 Å². The van der Waals surface area contributed by atoms with Crippen molar-refractivity contribution in [3.63, 3.8) is 0 Å². The first kappa shape index (κ1) is 20.0. The maximum atomic E-state index is 14.8. The highest BCUT2D eigenvalue weighted by molar-refractivity contribution is 6.12. The third-order valence-electron chi connectivity index (χ3n) is 5.69. The molecular formula is C23H20F2N6O. The summed E-state index contributed by atoms with van der Waals surface area (Å²) in [7, 11) is 0. The summed E-state index contributed by atoms with van der Waals surface area (Å²) in [6, 6.07) is 8.88. The van der Waals surface area contributed by atoms with E-state index in [1.165, 1.54) is 30.5 Å². The predicted octanol–water partition coefficient (Wildman–Crippen LogP) is 3.52. The van der Waals surface area contributed by atoms with Gasteiger partial charge in [0.1, 0.15) is 23.4 Å². The molecule has 2 aliphatic rings. The molecule has 1 fully saturated rings. The zero-order valence-electron chi connectivity index (χ0n) is 17.1. The number of rotatable bonds is 4. The minimum absolute atomic E-state index is 0.285. The van der Waals surface area contributed by atoms with Gasteiger partial charge in [0.05, 0.1) is 17.6 Å². The van der Waals surface area contributed by atoms with E-state index in [4.69, 9.17) is 0 Å². The minimum Gasteiger partial charge on any atom is -0.366 e. The lowest BCUT2D eigenvalue weighted by Crippen LogP contribution is -2.47. The molecule has 162 valence electrons. The fourth-order valence-corrected chi connectivity index (χ4v) is 4.03. The number of fused-ring (bicyclic) bond motifs is 1. The minimum atomic E-state index is -0.711. The molecule has 1 atom stereocenters. The van der Waals surface area contributed by atoms with Gasteiger partial charge in [-0.1, -0.05) is 0 Å². The van der Waals surface area contributed by atoms with Gasteiger partial charge in [0, 0.05) is 56.5 Å². The Labute approximate surface area is 183 Å². The Morgan fingerprint density at radius 2 is 1.84 bits per heavy atom. The molecule has 2 aromatic carbocycles. The predicted molar refractivity (Wildman–Crippen MR) is 119 cm³/mol. The van der Waals surface area contributed by atoms with Crippen LogP contribution in [0.2, 0.25) is 0 Å². The van der Waals surface area contributed by atoms with Gasteiger partial charge in [-0.3, -0.25) is 14.8 Å². The van der Waals surface area contributed by atoms with E-state index in [2.05, 4.69) is 25.2 Å². The van der Waals surface area contributed by atoms with E-state index in [0.29, 0.717) is 48.8 Å². The summed E-state index contributed by atoms with van der Waals surface area (Å²) in [5, 5.41) is 2.70. The molecule has 0 aliphatic carbocycles. The van der Waals surface area contributed by atoms with Crippen LogP contribution in [0.15, 0.2) is 60.0 Å². The van der Waals surface area contributed by atoms with Crippen LogP contribution >= 0.6 is 0 Å². The highest BCUT2D eigenvalue weighted by atomic mass is 19.1. The van der Waals surface area contributed by atoms with Gasteiger partial charge in [-0.25, -0.2) is 13.8 Å². The number of hydrogen-bond acceptors (Lipinski definition) is 6. The molecule has 32 heavy (non-hydrogen) atoms. The van der Waals surface area contributed by atoms with Crippen LogP contribution in [0.5, 0.6) is 0 Å². The normalized spacial score (nSPS) is 18.2. The van der Waals surface area contributed by atoms with Crippen LogP contribution in [0.1, 0.15) is 11.5 Å². The first-order valence-electron chi connectivity index (χ1n) is 10.3. The third kappa shape index (κ3) is 3.89. The molecule has 1 amide bonds. The molecule has 1 unspecified atom stereocenters. The van der Waals surface area contributed by atoms with Gasteiger partial charge in [-0.2, -0.15) is 0 Å². The number of aliphatic imine (C=N–C) groups is 1. The van der Waals surface area contributed by atoms with Gasteiger partial charge < -0.3 is 15.1 Å². The molecular weight excluding hydrogens is 414 g/mol. The molecule has 0 radical (unpaired) electrons. The Morgan fingerprint density at radius 3 is 2.59 bits per heavy atom. The fourth-order valence-electron chi connectivity index (χ4n) is 4.03. The largest absolute Gasteiger partial charge is 0.366 e. The topological polar surface area (TPSA) is 73.7 Å². The zero-order valence-corrected chi connectivity index (χ0v) is 17.1. The summed E-state index contributed by atoms with van der Waals surface area (Å²) in [5.41, 5.74) is 1.99. The molecule has 2 aliphatic heterocycles. The lowest BCUT2D eigenvalue weighted by molar-refractivity contribution is -0.115. The summed E-state index contributed by atoms with van der Waals surface area (Å²) in [5.74, 6) is -0.983. The van der Waals surface area contributed by atoms with E-state index >= 15 is 0 Å². The Hall–Kier alpha value is -3.88. The van der Waals surface area contributed by atoms with Gasteiger partial charge in [-0.15, -0.1) is 0 Å². The van der Waals surface area contributed by atoms with Gasteiger partial charge in [0.25, 0.3) is 0 Å². The van der Waals surface area contributed by atoms with E-state index < -0.39 is 11.7 Å². The molecule has 0 spiro atoms. The zero-order chi connectivity index (χ0) is 22.1. The molecule has 3 heterocycles. The van der Waals surface area contributed by atoms with Gasteiger partial charge >= 0.3 is 0 Å². The highest BCUT2D eigenvalue weighted by Crippen LogP contribution is 2.33. The van der Waals surface area contributed by atoms with E-state index in [9.17, 15) is 13.6 Å². The van der Waals surface area contributed by atoms with Crippen molar-refractivity contribution >= 4 is 35.0 Å². The first-order valence-corrected chi connectivity index (χ1v) is 10.3. The number of amides is 1. The standard InChI is InChI=1S/C23H20F2N6O/c24-15-1-3-20-17(11-15)18(23(32)29-20)13-28-16-2-4-21(19(25)12-16)30-7-9-31(10-8-30)22-14-26-5-6-27-22/h1-6,11-14,18H,7-10H2,(H,29,32). The second kappa shape index (κ2) is 8.33. The molecule has 1 aromatic heterocycles. The van der Waals surface area contributed by atoms with Crippen molar-refractivity contribution in [1.82, 2.24) is 9.97 Å². The van der Waals surface area contributed by atoms with E-state index in [-0.39, 0.29) is 11.7 Å². The van der Waals surface area contributed by atoms with Crippen molar-refractivity contribution in [3.8, 4) is 0 Å². The van der Waals surface area contributed by atoms with E-state index in [1.807, 2.05) is 4.90 Å². The number of carbonyl (C=O) groups excluding carboxylic acids is 1. The van der Waals surface area contributed by atoms with Gasteiger partial charge in [0.15, 0.2) is 0 Å².